The highest BCUT2D eigenvalue weighted by molar-refractivity contribution is 6.18. The SMILES string of the molecule is CON(CCCc1ccc(N(CCCl)CCCl)cc1)[C@@H]1OC[C@@H](O)[C@H](O)[C@H]1O. The number of anilines is 1. The summed E-state index contributed by atoms with van der Waals surface area (Å²) in [4.78, 5) is 7.46. The topological polar surface area (TPSA) is 85.6 Å². The molecular formula is C19H30Cl2N2O5. The Labute approximate surface area is 176 Å². The lowest BCUT2D eigenvalue weighted by molar-refractivity contribution is -0.305. The quantitative estimate of drug-likeness (QED) is 0.355. The van der Waals surface area contributed by atoms with Crippen LogP contribution < -0.4 is 4.90 Å². The number of halogens is 2. The number of benzene rings is 1. The van der Waals surface area contributed by atoms with Gasteiger partial charge in [-0.05, 0) is 30.5 Å². The maximum Gasteiger partial charge on any atom is 0.161 e. The van der Waals surface area contributed by atoms with Gasteiger partial charge in [0.2, 0.25) is 0 Å². The zero-order valence-electron chi connectivity index (χ0n) is 16.1. The molecule has 0 aliphatic carbocycles. The van der Waals surface area contributed by atoms with Crippen LogP contribution in [-0.2, 0) is 16.0 Å². The fraction of sp³-hybridized carbons (Fsp3) is 0.684. The van der Waals surface area contributed by atoms with Crippen molar-refractivity contribution in [3.63, 3.8) is 0 Å². The van der Waals surface area contributed by atoms with Gasteiger partial charge in [0.25, 0.3) is 0 Å². The van der Waals surface area contributed by atoms with Gasteiger partial charge in [0.05, 0.1) is 13.7 Å². The molecule has 0 radical (unpaired) electrons. The van der Waals surface area contributed by atoms with E-state index in [-0.39, 0.29) is 6.61 Å². The average molecular weight is 437 g/mol. The smallest absolute Gasteiger partial charge is 0.161 e. The summed E-state index contributed by atoms with van der Waals surface area (Å²) in [6, 6.07) is 8.28. The Kier molecular flexibility index (Phi) is 10.3. The van der Waals surface area contributed by atoms with E-state index in [0.29, 0.717) is 18.3 Å². The third-order valence-corrected chi connectivity index (χ3v) is 5.18. The summed E-state index contributed by atoms with van der Waals surface area (Å²) < 4.78 is 5.43. The molecule has 1 aliphatic heterocycles. The van der Waals surface area contributed by atoms with Gasteiger partial charge in [-0.15, -0.1) is 23.2 Å². The maximum absolute atomic E-state index is 10.1. The van der Waals surface area contributed by atoms with E-state index in [1.54, 1.807) is 0 Å². The van der Waals surface area contributed by atoms with Crippen LogP contribution in [0.3, 0.4) is 0 Å². The second-order valence-corrected chi connectivity index (χ2v) is 7.49. The molecule has 1 fully saturated rings. The van der Waals surface area contributed by atoms with Gasteiger partial charge in [0.1, 0.15) is 18.3 Å². The number of nitrogens with zero attached hydrogens (tertiary/aromatic N) is 2. The molecule has 0 saturated carbocycles. The summed E-state index contributed by atoms with van der Waals surface area (Å²) in [5.74, 6) is 1.10. The third-order valence-electron chi connectivity index (χ3n) is 4.85. The molecule has 1 saturated heterocycles. The van der Waals surface area contributed by atoms with Crippen LogP contribution in [-0.4, -0.2) is 90.0 Å². The van der Waals surface area contributed by atoms with Gasteiger partial charge in [-0.25, -0.2) is 0 Å². The molecule has 7 nitrogen and oxygen atoms in total. The number of aliphatic hydroxyl groups excluding tert-OH is 3. The molecule has 160 valence electrons. The Hall–Kier alpha value is -0.640. The fourth-order valence-electron chi connectivity index (χ4n) is 3.25. The molecule has 3 N–H and O–H groups in total. The van der Waals surface area contributed by atoms with Crippen molar-refractivity contribution in [2.75, 3.05) is 50.0 Å². The maximum atomic E-state index is 10.1. The number of rotatable bonds is 11. The molecule has 28 heavy (non-hydrogen) atoms. The van der Waals surface area contributed by atoms with Crippen LogP contribution in [0.1, 0.15) is 12.0 Å². The van der Waals surface area contributed by atoms with Crippen LogP contribution in [0.4, 0.5) is 5.69 Å². The molecule has 0 unspecified atom stereocenters. The van der Waals surface area contributed by atoms with Crippen LogP contribution >= 0.6 is 23.2 Å². The summed E-state index contributed by atoms with van der Waals surface area (Å²) >= 11 is 11.7. The number of ether oxygens (including phenoxy) is 1. The average Bonchev–Trinajstić information content (AvgIpc) is 2.71. The Morgan fingerprint density at radius 1 is 1.04 bits per heavy atom. The first-order valence-corrected chi connectivity index (χ1v) is 10.5. The molecule has 0 bridgehead atoms. The summed E-state index contributed by atoms with van der Waals surface area (Å²) in [6.07, 6.45) is -2.82. The van der Waals surface area contributed by atoms with E-state index in [0.717, 1.165) is 31.6 Å². The number of aliphatic hydroxyl groups is 3. The number of hydrogen-bond donors (Lipinski definition) is 3. The number of hydrogen-bond acceptors (Lipinski definition) is 7. The minimum atomic E-state index is -1.26. The van der Waals surface area contributed by atoms with E-state index in [1.165, 1.54) is 17.7 Å². The van der Waals surface area contributed by atoms with E-state index in [4.69, 9.17) is 32.8 Å². The van der Waals surface area contributed by atoms with Crippen molar-refractivity contribution >= 4 is 28.9 Å². The standard InChI is InChI=1S/C19H30Cl2N2O5/c1-27-23(19-18(26)17(25)16(24)13-28-19)10-2-3-14-4-6-15(7-5-14)22(11-8-20)12-9-21/h4-7,16-19,24-26H,2-3,8-13H2,1H3/t16-,17+,18-,19-/m1/s1. The van der Waals surface area contributed by atoms with E-state index in [9.17, 15) is 15.3 Å². The second-order valence-electron chi connectivity index (χ2n) is 6.73. The molecule has 1 aromatic rings. The molecule has 1 aliphatic rings. The largest absolute Gasteiger partial charge is 0.388 e. The highest BCUT2D eigenvalue weighted by Gasteiger charge is 2.40. The predicted octanol–water partition coefficient (Wildman–Crippen LogP) is 1.21. The summed E-state index contributed by atoms with van der Waals surface area (Å²) in [5, 5.41) is 31.0. The van der Waals surface area contributed by atoms with E-state index < -0.39 is 24.5 Å². The van der Waals surface area contributed by atoms with Gasteiger partial charge in [-0.1, -0.05) is 12.1 Å². The highest BCUT2D eigenvalue weighted by atomic mass is 35.5. The fourth-order valence-corrected chi connectivity index (χ4v) is 3.66. The van der Waals surface area contributed by atoms with Crippen LogP contribution in [0.5, 0.6) is 0 Å². The van der Waals surface area contributed by atoms with Crippen LogP contribution in [0, 0.1) is 0 Å². The highest BCUT2D eigenvalue weighted by Crippen LogP contribution is 2.20. The molecule has 4 atom stereocenters. The van der Waals surface area contributed by atoms with Crippen molar-refractivity contribution in [1.29, 1.82) is 0 Å². The lowest BCUT2D eigenvalue weighted by Gasteiger charge is -2.40. The van der Waals surface area contributed by atoms with Gasteiger partial charge in [-0.3, -0.25) is 4.84 Å². The van der Waals surface area contributed by atoms with Crippen molar-refractivity contribution in [2.24, 2.45) is 0 Å². The third kappa shape index (κ3) is 6.43. The number of aryl methyl sites for hydroxylation is 1. The Balaban J connectivity index is 1.86. The summed E-state index contributed by atoms with van der Waals surface area (Å²) in [5.41, 5.74) is 2.27. The zero-order valence-corrected chi connectivity index (χ0v) is 17.6. The van der Waals surface area contributed by atoms with Crippen LogP contribution in [0.2, 0.25) is 0 Å². The lowest BCUT2D eigenvalue weighted by Crippen LogP contribution is -2.58. The van der Waals surface area contributed by atoms with Gasteiger partial charge >= 0.3 is 0 Å². The number of hydroxylamine groups is 2. The molecule has 0 spiro atoms. The molecule has 2 rings (SSSR count). The molecule has 1 aromatic carbocycles. The van der Waals surface area contributed by atoms with E-state index in [2.05, 4.69) is 29.2 Å². The Bertz CT molecular complexity index is 560. The van der Waals surface area contributed by atoms with Gasteiger partial charge in [0.15, 0.2) is 6.23 Å². The van der Waals surface area contributed by atoms with Crippen LogP contribution in [0.15, 0.2) is 24.3 Å². The molecule has 9 heteroatoms. The van der Waals surface area contributed by atoms with Crippen molar-refractivity contribution in [2.45, 2.75) is 37.4 Å². The first kappa shape index (κ1) is 23.6. The van der Waals surface area contributed by atoms with Gasteiger partial charge in [0, 0.05) is 37.1 Å². The number of alkyl halides is 2. The van der Waals surface area contributed by atoms with Crippen molar-refractivity contribution in [1.82, 2.24) is 5.06 Å². The first-order valence-electron chi connectivity index (χ1n) is 9.44. The van der Waals surface area contributed by atoms with Gasteiger partial charge < -0.3 is 25.0 Å². The minimum Gasteiger partial charge on any atom is -0.388 e. The lowest BCUT2D eigenvalue weighted by atomic mass is 10.0. The second kappa shape index (κ2) is 12.1. The Morgan fingerprint density at radius 2 is 1.68 bits per heavy atom. The van der Waals surface area contributed by atoms with Gasteiger partial charge in [-0.2, -0.15) is 5.06 Å². The van der Waals surface area contributed by atoms with E-state index >= 15 is 0 Å². The first-order chi connectivity index (χ1) is 13.5. The monoisotopic (exact) mass is 436 g/mol. The zero-order chi connectivity index (χ0) is 20.5. The Morgan fingerprint density at radius 3 is 2.25 bits per heavy atom. The van der Waals surface area contributed by atoms with Crippen molar-refractivity contribution in [3.05, 3.63) is 29.8 Å². The predicted molar refractivity (Wildman–Crippen MR) is 110 cm³/mol. The molecule has 0 aromatic heterocycles. The van der Waals surface area contributed by atoms with E-state index in [1.807, 2.05) is 0 Å². The molecule has 1 heterocycles. The molecular weight excluding hydrogens is 407 g/mol. The molecule has 0 amide bonds. The van der Waals surface area contributed by atoms with Crippen LogP contribution in [0.25, 0.3) is 0 Å². The summed E-state index contributed by atoms with van der Waals surface area (Å²) in [7, 11) is 1.49. The minimum absolute atomic E-state index is 0.0503. The normalized spacial score (nSPS) is 25.2. The van der Waals surface area contributed by atoms with Crippen molar-refractivity contribution in [3.8, 4) is 0 Å². The summed E-state index contributed by atoms with van der Waals surface area (Å²) in [6.45, 7) is 1.96. The van der Waals surface area contributed by atoms with Crippen molar-refractivity contribution < 1.29 is 24.9 Å².